The van der Waals surface area contributed by atoms with Gasteiger partial charge in [0.1, 0.15) is 0 Å². The van der Waals surface area contributed by atoms with Crippen LogP contribution in [0.2, 0.25) is 0 Å². The molecule has 0 atom stereocenters. The second kappa shape index (κ2) is 10.2. The van der Waals surface area contributed by atoms with E-state index in [4.69, 9.17) is 4.74 Å². The van der Waals surface area contributed by atoms with Gasteiger partial charge in [0.2, 0.25) is 5.91 Å². The molecular formula is C19H21N3O4S. The van der Waals surface area contributed by atoms with E-state index in [-0.39, 0.29) is 18.4 Å². The molecule has 1 aromatic heterocycles. The molecule has 1 N–H and O–H groups in total. The Morgan fingerprint density at radius 1 is 1.26 bits per heavy atom. The predicted octanol–water partition coefficient (Wildman–Crippen LogP) is 2.91. The van der Waals surface area contributed by atoms with Crippen molar-refractivity contribution in [2.45, 2.75) is 20.3 Å². The number of nitrogens with zero attached hydrogens (tertiary/aromatic N) is 2. The van der Waals surface area contributed by atoms with Gasteiger partial charge in [-0.2, -0.15) is 0 Å². The molecule has 0 radical (unpaired) electrons. The van der Waals surface area contributed by atoms with E-state index in [1.807, 2.05) is 37.3 Å². The van der Waals surface area contributed by atoms with Crippen molar-refractivity contribution in [3.63, 3.8) is 0 Å². The molecule has 0 bridgehead atoms. The molecule has 0 saturated carbocycles. The molecule has 1 heterocycles. The molecule has 0 saturated heterocycles. The molecule has 2 aromatic rings. The SMILES string of the molecule is CCCNC(=O)COC(=O)/C=C/c1csc(N(C(C)=O)c2ccccc2)n1. The second-order valence-corrected chi connectivity index (χ2v) is 6.37. The molecule has 8 heteroatoms. The van der Waals surface area contributed by atoms with Crippen molar-refractivity contribution in [3.8, 4) is 0 Å². The van der Waals surface area contributed by atoms with Crippen molar-refractivity contribution in [2.75, 3.05) is 18.1 Å². The molecule has 27 heavy (non-hydrogen) atoms. The monoisotopic (exact) mass is 387 g/mol. The van der Waals surface area contributed by atoms with Crippen molar-refractivity contribution in [2.24, 2.45) is 0 Å². The van der Waals surface area contributed by atoms with Crippen LogP contribution in [0.15, 0.2) is 41.8 Å². The van der Waals surface area contributed by atoms with Crippen LogP contribution in [0, 0.1) is 0 Å². The summed E-state index contributed by atoms with van der Waals surface area (Å²) in [6, 6.07) is 9.18. The largest absolute Gasteiger partial charge is 0.452 e. The summed E-state index contributed by atoms with van der Waals surface area (Å²) < 4.78 is 4.86. The topological polar surface area (TPSA) is 88.6 Å². The normalized spacial score (nSPS) is 10.6. The van der Waals surface area contributed by atoms with Crippen LogP contribution < -0.4 is 10.2 Å². The molecular weight excluding hydrogens is 366 g/mol. The Morgan fingerprint density at radius 2 is 2.00 bits per heavy atom. The lowest BCUT2D eigenvalue weighted by atomic mass is 10.3. The summed E-state index contributed by atoms with van der Waals surface area (Å²) in [5.41, 5.74) is 1.23. The highest BCUT2D eigenvalue weighted by atomic mass is 32.1. The van der Waals surface area contributed by atoms with Crippen LogP contribution in [0.4, 0.5) is 10.8 Å². The predicted molar refractivity (Wildman–Crippen MR) is 105 cm³/mol. The van der Waals surface area contributed by atoms with Crippen molar-refractivity contribution in [1.29, 1.82) is 0 Å². The van der Waals surface area contributed by atoms with E-state index in [0.29, 0.717) is 23.1 Å². The molecule has 0 aliphatic carbocycles. The lowest BCUT2D eigenvalue weighted by Gasteiger charge is -2.17. The van der Waals surface area contributed by atoms with E-state index >= 15 is 0 Å². The fourth-order valence-corrected chi connectivity index (χ4v) is 2.97. The van der Waals surface area contributed by atoms with Gasteiger partial charge in [-0.05, 0) is 24.6 Å². The van der Waals surface area contributed by atoms with E-state index in [1.54, 1.807) is 5.38 Å². The van der Waals surface area contributed by atoms with Crippen molar-refractivity contribution < 1.29 is 19.1 Å². The fourth-order valence-electron chi connectivity index (χ4n) is 2.11. The number of anilines is 2. The van der Waals surface area contributed by atoms with E-state index in [0.717, 1.165) is 6.42 Å². The first-order valence-corrected chi connectivity index (χ1v) is 9.32. The summed E-state index contributed by atoms with van der Waals surface area (Å²) in [4.78, 5) is 41.0. The number of hydrogen-bond acceptors (Lipinski definition) is 6. The van der Waals surface area contributed by atoms with Gasteiger partial charge in [0, 0.05) is 24.9 Å². The third-order valence-electron chi connectivity index (χ3n) is 3.34. The number of amides is 2. The van der Waals surface area contributed by atoms with Gasteiger partial charge in [-0.3, -0.25) is 14.5 Å². The van der Waals surface area contributed by atoms with Gasteiger partial charge in [0.15, 0.2) is 11.7 Å². The summed E-state index contributed by atoms with van der Waals surface area (Å²) in [5.74, 6) is -1.14. The highest BCUT2D eigenvalue weighted by molar-refractivity contribution is 7.14. The first kappa shape index (κ1) is 20.3. The number of hydrogen-bond donors (Lipinski definition) is 1. The third kappa shape index (κ3) is 6.34. The average Bonchev–Trinajstić information content (AvgIpc) is 3.12. The molecule has 0 fully saturated rings. The van der Waals surface area contributed by atoms with Crippen LogP contribution in [0.25, 0.3) is 6.08 Å². The Balaban J connectivity index is 1.98. The highest BCUT2D eigenvalue weighted by Gasteiger charge is 2.17. The minimum Gasteiger partial charge on any atom is -0.452 e. The number of aromatic nitrogens is 1. The maximum Gasteiger partial charge on any atom is 0.331 e. The van der Waals surface area contributed by atoms with Gasteiger partial charge < -0.3 is 10.1 Å². The van der Waals surface area contributed by atoms with Crippen LogP contribution in [-0.2, 0) is 19.1 Å². The van der Waals surface area contributed by atoms with Crippen molar-refractivity contribution in [3.05, 3.63) is 47.5 Å². The van der Waals surface area contributed by atoms with Crippen LogP contribution in [-0.4, -0.2) is 35.9 Å². The van der Waals surface area contributed by atoms with E-state index < -0.39 is 5.97 Å². The van der Waals surface area contributed by atoms with Crippen LogP contribution in [0.3, 0.4) is 0 Å². The van der Waals surface area contributed by atoms with Gasteiger partial charge in [-0.1, -0.05) is 25.1 Å². The molecule has 2 amide bonds. The molecule has 0 unspecified atom stereocenters. The van der Waals surface area contributed by atoms with Gasteiger partial charge in [0.05, 0.1) is 11.4 Å². The molecule has 7 nitrogen and oxygen atoms in total. The number of carbonyl (C=O) groups excluding carboxylic acids is 3. The molecule has 0 aliphatic heterocycles. The van der Waals surface area contributed by atoms with E-state index in [1.165, 1.54) is 35.3 Å². The van der Waals surface area contributed by atoms with Gasteiger partial charge in [-0.15, -0.1) is 11.3 Å². The van der Waals surface area contributed by atoms with E-state index in [9.17, 15) is 14.4 Å². The lowest BCUT2D eigenvalue weighted by molar-refractivity contribution is -0.143. The maximum atomic E-state index is 12.0. The number of esters is 1. The first-order chi connectivity index (χ1) is 13.0. The van der Waals surface area contributed by atoms with Gasteiger partial charge in [-0.25, -0.2) is 9.78 Å². The summed E-state index contributed by atoms with van der Waals surface area (Å²) in [6.07, 6.45) is 3.49. The quantitative estimate of drug-likeness (QED) is 0.556. The molecule has 142 valence electrons. The second-order valence-electron chi connectivity index (χ2n) is 5.54. The molecule has 2 rings (SSSR count). The Labute approximate surface area is 161 Å². The summed E-state index contributed by atoms with van der Waals surface area (Å²) in [7, 11) is 0. The van der Waals surface area contributed by atoms with Crippen LogP contribution >= 0.6 is 11.3 Å². The zero-order valence-electron chi connectivity index (χ0n) is 15.2. The Bertz CT molecular complexity index is 817. The minimum absolute atomic E-state index is 0.163. The van der Waals surface area contributed by atoms with Gasteiger partial charge in [0.25, 0.3) is 5.91 Å². The zero-order valence-corrected chi connectivity index (χ0v) is 16.0. The highest BCUT2D eigenvalue weighted by Crippen LogP contribution is 2.28. The summed E-state index contributed by atoms with van der Waals surface area (Å²) in [6.45, 7) is 3.62. The fraction of sp³-hybridized carbons (Fsp3) is 0.263. The van der Waals surface area contributed by atoms with Gasteiger partial charge >= 0.3 is 5.97 Å². The number of benzene rings is 1. The third-order valence-corrected chi connectivity index (χ3v) is 4.18. The molecule has 1 aromatic carbocycles. The Hall–Kier alpha value is -3.00. The Morgan fingerprint density at radius 3 is 2.67 bits per heavy atom. The van der Waals surface area contributed by atoms with Crippen LogP contribution in [0.5, 0.6) is 0 Å². The number of para-hydroxylation sites is 1. The molecule has 0 aliphatic rings. The smallest absolute Gasteiger partial charge is 0.331 e. The number of nitrogens with one attached hydrogen (secondary N) is 1. The first-order valence-electron chi connectivity index (χ1n) is 8.44. The minimum atomic E-state index is -0.636. The number of rotatable bonds is 8. The Kier molecular flexibility index (Phi) is 7.69. The summed E-state index contributed by atoms with van der Waals surface area (Å²) in [5, 5.41) is 4.84. The van der Waals surface area contributed by atoms with E-state index in [2.05, 4.69) is 10.3 Å². The standard InChI is InChI=1S/C19H21N3O4S/c1-3-11-20-17(24)12-26-18(25)10-9-15-13-27-19(21-15)22(14(2)23)16-7-5-4-6-8-16/h4-10,13H,3,11-12H2,1-2H3,(H,20,24)/b10-9+. The zero-order chi connectivity index (χ0) is 19.6. The number of carbonyl (C=O) groups is 3. The molecule has 0 spiro atoms. The van der Waals surface area contributed by atoms with Crippen molar-refractivity contribution >= 4 is 46.0 Å². The lowest BCUT2D eigenvalue weighted by Crippen LogP contribution is -2.28. The number of ether oxygens (including phenoxy) is 1. The number of thiazole rings is 1. The van der Waals surface area contributed by atoms with Crippen molar-refractivity contribution in [1.82, 2.24) is 10.3 Å². The summed E-state index contributed by atoms with van der Waals surface area (Å²) >= 11 is 1.29. The average molecular weight is 387 g/mol. The van der Waals surface area contributed by atoms with Crippen LogP contribution in [0.1, 0.15) is 26.0 Å². The maximum absolute atomic E-state index is 12.0.